The van der Waals surface area contributed by atoms with Crippen LogP contribution in [0.2, 0.25) is 0 Å². The van der Waals surface area contributed by atoms with Crippen molar-refractivity contribution in [3.63, 3.8) is 0 Å². The molecule has 0 saturated carbocycles. The van der Waals surface area contributed by atoms with Crippen LogP contribution in [0.25, 0.3) is 0 Å². The zero-order chi connectivity index (χ0) is 23.4. The minimum Gasteiger partial charge on any atom is -0.507 e. The van der Waals surface area contributed by atoms with Crippen molar-refractivity contribution in [3.05, 3.63) is 94.0 Å². The highest BCUT2D eigenvalue weighted by Crippen LogP contribution is 2.33. The maximum absolute atomic E-state index is 11.7. The van der Waals surface area contributed by atoms with Crippen LogP contribution in [-0.4, -0.2) is 21.8 Å². The first-order valence-corrected chi connectivity index (χ1v) is 10.7. The number of carbonyl (C=O) groups is 1. The van der Waals surface area contributed by atoms with Gasteiger partial charge in [-0.1, -0.05) is 49.4 Å². The summed E-state index contributed by atoms with van der Waals surface area (Å²) >= 11 is 0. The van der Waals surface area contributed by atoms with E-state index in [1.807, 2.05) is 55.5 Å². The summed E-state index contributed by atoms with van der Waals surface area (Å²) in [5.74, 6) is 0.988. The number of aliphatic hydroxyl groups is 1. The van der Waals surface area contributed by atoms with Crippen molar-refractivity contribution in [1.82, 2.24) is 16.5 Å². The number of Topliss-reactive ketones (excluding diaryl/α,β-unsaturated/α-hetero) is 1. The molecule has 4 rings (SSSR count). The quantitative estimate of drug-likeness (QED) is 0.338. The highest BCUT2D eigenvalue weighted by molar-refractivity contribution is 5.99. The van der Waals surface area contributed by atoms with Crippen LogP contribution in [-0.2, 0) is 13.0 Å². The molecule has 8 heteroatoms. The number of ether oxygens (including phenoxy) is 1. The number of rotatable bonds is 8. The number of aliphatic hydroxyl groups excluding tert-OH is 1. The fourth-order valence-electron chi connectivity index (χ4n) is 3.72. The molecule has 8 nitrogen and oxygen atoms in total. The Morgan fingerprint density at radius 1 is 1.09 bits per heavy atom. The van der Waals surface area contributed by atoms with E-state index in [4.69, 9.17) is 4.74 Å². The van der Waals surface area contributed by atoms with Gasteiger partial charge >= 0.3 is 0 Å². The largest absolute Gasteiger partial charge is 0.507 e. The number of phenols is 1. The number of benzene rings is 3. The van der Waals surface area contributed by atoms with Crippen molar-refractivity contribution in [1.29, 1.82) is 0 Å². The van der Waals surface area contributed by atoms with Crippen LogP contribution in [0.1, 0.15) is 58.1 Å². The molecule has 3 aromatic carbocycles. The van der Waals surface area contributed by atoms with Crippen molar-refractivity contribution in [2.75, 3.05) is 0 Å². The van der Waals surface area contributed by atoms with Crippen LogP contribution >= 0.6 is 0 Å². The fraction of sp³-hybridized carbons (Fsp3) is 0.200. The Labute approximate surface area is 191 Å². The number of nitrogens with one attached hydrogen (secondary N) is 3. The van der Waals surface area contributed by atoms with Crippen molar-refractivity contribution in [2.45, 2.75) is 33.0 Å². The SMILES string of the molecule is CCc1c(OCc2ccc(C(O)c3cccc(C4=NNNN4)c3)cc2)ccc(C(C)=O)c1O. The standard InChI is InChI=1S/C25H26N4O4/c1-3-20-22(12-11-21(15(2)30)24(20)32)33-14-16-7-9-17(10-8-16)23(31)18-5-4-6-19(13-18)25-26-28-29-27-25/h4-13,23,28-29,31-32H,3,14H2,1-2H3,(H,26,27). The molecule has 1 unspecified atom stereocenters. The molecule has 33 heavy (non-hydrogen) atoms. The van der Waals surface area contributed by atoms with E-state index in [1.54, 1.807) is 12.1 Å². The van der Waals surface area contributed by atoms with E-state index in [0.717, 1.165) is 22.3 Å². The minimum absolute atomic E-state index is 0.0199. The second-order valence-electron chi connectivity index (χ2n) is 7.73. The van der Waals surface area contributed by atoms with Crippen LogP contribution in [0.3, 0.4) is 0 Å². The summed E-state index contributed by atoms with van der Waals surface area (Å²) in [6.45, 7) is 3.62. The molecule has 1 heterocycles. The third-order valence-electron chi connectivity index (χ3n) is 5.54. The van der Waals surface area contributed by atoms with Crippen LogP contribution in [0.5, 0.6) is 11.5 Å². The van der Waals surface area contributed by atoms with Gasteiger partial charge in [0.2, 0.25) is 0 Å². The predicted molar refractivity (Wildman–Crippen MR) is 125 cm³/mol. The second kappa shape index (κ2) is 9.72. The van der Waals surface area contributed by atoms with Crippen LogP contribution < -0.4 is 21.2 Å². The van der Waals surface area contributed by atoms with E-state index in [0.29, 0.717) is 35.7 Å². The highest BCUT2D eigenvalue weighted by atomic mass is 16.5. The first kappa shape index (κ1) is 22.3. The van der Waals surface area contributed by atoms with Crippen LogP contribution in [0.15, 0.2) is 65.8 Å². The third kappa shape index (κ3) is 4.82. The van der Waals surface area contributed by atoms with Gasteiger partial charge in [0.05, 0.1) is 5.56 Å². The Bertz CT molecular complexity index is 1190. The molecule has 3 aromatic rings. The lowest BCUT2D eigenvalue weighted by molar-refractivity contribution is 0.101. The number of hydrazone groups is 1. The molecule has 0 fully saturated rings. The summed E-state index contributed by atoms with van der Waals surface area (Å²) in [6.07, 6.45) is -0.244. The van der Waals surface area contributed by atoms with Crippen LogP contribution in [0, 0.1) is 0 Å². The molecule has 0 spiro atoms. The molecule has 0 radical (unpaired) electrons. The van der Waals surface area contributed by atoms with Gasteiger partial charge in [-0.2, -0.15) is 0 Å². The summed E-state index contributed by atoms with van der Waals surface area (Å²) in [6, 6.07) is 18.3. The van der Waals surface area contributed by atoms with E-state index in [-0.39, 0.29) is 11.5 Å². The Morgan fingerprint density at radius 2 is 1.88 bits per heavy atom. The Morgan fingerprint density at radius 3 is 2.55 bits per heavy atom. The summed E-state index contributed by atoms with van der Waals surface area (Å²) in [5, 5.41) is 25.3. The van der Waals surface area contributed by atoms with Gasteiger partial charge in [-0.05, 0) is 48.2 Å². The smallest absolute Gasteiger partial charge is 0.170 e. The van der Waals surface area contributed by atoms with Crippen molar-refractivity contribution >= 4 is 11.6 Å². The van der Waals surface area contributed by atoms with Gasteiger partial charge in [0.25, 0.3) is 0 Å². The zero-order valence-corrected chi connectivity index (χ0v) is 18.4. The molecular formula is C25H26N4O4. The molecule has 1 aliphatic rings. The van der Waals surface area contributed by atoms with E-state index in [1.165, 1.54) is 6.92 Å². The predicted octanol–water partition coefficient (Wildman–Crippen LogP) is 3.09. The minimum atomic E-state index is -0.786. The maximum Gasteiger partial charge on any atom is 0.170 e. The molecule has 0 amide bonds. The van der Waals surface area contributed by atoms with Gasteiger partial charge in [0.1, 0.15) is 24.2 Å². The molecule has 0 bridgehead atoms. The third-order valence-corrected chi connectivity index (χ3v) is 5.54. The van der Waals surface area contributed by atoms with Gasteiger partial charge in [0.15, 0.2) is 11.6 Å². The molecule has 0 aromatic heterocycles. The highest BCUT2D eigenvalue weighted by Gasteiger charge is 2.16. The number of carbonyl (C=O) groups excluding carboxylic acids is 1. The maximum atomic E-state index is 11.7. The summed E-state index contributed by atoms with van der Waals surface area (Å²) in [7, 11) is 0. The number of hydrogen-bond donors (Lipinski definition) is 5. The van der Waals surface area contributed by atoms with Crippen molar-refractivity contribution < 1.29 is 19.7 Å². The summed E-state index contributed by atoms with van der Waals surface area (Å²) in [5.41, 5.74) is 12.4. The number of nitrogens with zero attached hydrogens (tertiary/aromatic N) is 1. The number of hydrogen-bond acceptors (Lipinski definition) is 8. The summed E-state index contributed by atoms with van der Waals surface area (Å²) in [4.78, 5) is 11.7. The summed E-state index contributed by atoms with van der Waals surface area (Å²) < 4.78 is 5.92. The Balaban J connectivity index is 1.45. The number of aromatic hydroxyl groups is 1. The number of hydrazine groups is 2. The monoisotopic (exact) mass is 446 g/mol. The van der Waals surface area contributed by atoms with Gasteiger partial charge in [-0.15, -0.1) is 10.6 Å². The lowest BCUT2D eigenvalue weighted by Gasteiger charge is -2.15. The fourth-order valence-corrected chi connectivity index (χ4v) is 3.72. The molecular weight excluding hydrogens is 420 g/mol. The van der Waals surface area contributed by atoms with Gasteiger partial charge in [0, 0.05) is 11.1 Å². The Kier molecular flexibility index (Phi) is 6.58. The lowest BCUT2D eigenvalue weighted by atomic mass is 9.98. The van der Waals surface area contributed by atoms with E-state index in [9.17, 15) is 15.0 Å². The Hall–Kier alpha value is -3.88. The molecule has 1 aliphatic heterocycles. The van der Waals surface area contributed by atoms with Crippen molar-refractivity contribution in [2.24, 2.45) is 5.10 Å². The second-order valence-corrected chi connectivity index (χ2v) is 7.73. The average Bonchev–Trinajstić information content (AvgIpc) is 3.38. The van der Waals surface area contributed by atoms with Crippen molar-refractivity contribution in [3.8, 4) is 11.5 Å². The van der Waals surface area contributed by atoms with Gasteiger partial charge in [-0.25, -0.2) is 5.53 Å². The van der Waals surface area contributed by atoms with E-state index >= 15 is 0 Å². The molecule has 170 valence electrons. The molecule has 1 atom stereocenters. The first-order chi connectivity index (χ1) is 16.0. The molecule has 5 N–H and O–H groups in total. The number of ketones is 1. The lowest BCUT2D eigenvalue weighted by Crippen LogP contribution is -2.35. The first-order valence-electron chi connectivity index (χ1n) is 10.7. The normalized spacial score (nSPS) is 13.6. The van der Waals surface area contributed by atoms with Gasteiger partial charge in [-0.3, -0.25) is 10.2 Å². The van der Waals surface area contributed by atoms with E-state index in [2.05, 4.69) is 21.6 Å². The van der Waals surface area contributed by atoms with Gasteiger partial charge < -0.3 is 14.9 Å². The number of amidine groups is 1. The topological polar surface area (TPSA) is 115 Å². The van der Waals surface area contributed by atoms with Crippen LogP contribution in [0.4, 0.5) is 0 Å². The zero-order valence-electron chi connectivity index (χ0n) is 18.4. The molecule has 0 aliphatic carbocycles. The average molecular weight is 447 g/mol. The van der Waals surface area contributed by atoms with E-state index < -0.39 is 6.10 Å². The number of phenolic OH excluding ortho intramolecular Hbond substituents is 1. The molecule has 0 saturated heterocycles.